The van der Waals surface area contributed by atoms with Gasteiger partial charge in [0.2, 0.25) is 5.91 Å². The molecule has 2 N–H and O–H groups in total. The van der Waals surface area contributed by atoms with E-state index in [0.717, 1.165) is 28.1 Å². The smallest absolute Gasteiger partial charge is 0.321 e. The summed E-state index contributed by atoms with van der Waals surface area (Å²) in [5.41, 5.74) is 1.34. The minimum absolute atomic E-state index is 0.320. The van der Waals surface area contributed by atoms with E-state index >= 15 is 0 Å². The van der Waals surface area contributed by atoms with Crippen LogP contribution in [0.1, 0.15) is 30.7 Å². The number of aryl methyl sites for hydroxylation is 2. The van der Waals surface area contributed by atoms with E-state index in [9.17, 15) is 9.59 Å². The topological polar surface area (TPSA) is 84.0 Å². The molecule has 23 heavy (non-hydrogen) atoms. The number of rotatable bonds is 4. The molecule has 0 saturated carbocycles. The fourth-order valence-electron chi connectivity index (χ4n) is 2.63. The van der Waals surface area contributed by atoms with Gasteiger partial charge in [0.1, 0.15) is 16.2 Å². The van der Waals surface area contributed by atoms with Gasteiger partial charge in [0.15, 0.2) is 0 Å². The molecule has 0 spiro atoms. The zero-order valence-corrected chi connectivity index (χ0v) is 14.6. The van der Waals surface area contributed by atoms with Crippen LogP contribution in [0.3, 0.4) is 0 Å². The Labute approximate surface area is 142 Å². The largest absolute Gasteiger partial charge is 0.338 e. The second kappa shape index (κ2) is 6.84. The molecule has 1 atom stereocenters. The van der Waals surface area contributed by atoms with Crippen LogP contribution in [0.15, 0.2) is 11.4 Å². The molecule has 8 heteroatoms. The standard InChI is InChI=1S/C15H18N4O2S2/c1-3-16-15(21)19-12(20)8(2)22-13-11-9-5-4-6-10(9)23-14(11)18-7-17-13/h7-8H,3-6H2,1-2H3,(H2,16,19,20,21)/t8-/m0/s1. The van der Waals surface area contributed by atoms with Crippen molar-refractivity contribution in [3.8, 4) is 0 Å². The van der Waals surface area contributed by atoms with Gasteiger partial charge in [-0.1, -0.05) is 11.8 Å². The minimum Gasteiger partial charge on any atom is -0.338 e. The average Bonchev–Trinajstić information content (AvgIpc) is 3.07. The molecule has 1 aliphatic carbocycles. The molecule has 122 valence electrons. The van der Waals surface area contributed by atoms with Crippen molar-refractivity contribution in [3.63, 3.8) is 0 Å². The second-order valence-corrected chi connectivity index (χ2v) is 7.74. The van der Waals surface area contributed by atoms with Gasteiger partial charge in [0.05, 0.1) is 5.25 Å². The van der Waals surface area contributed by atoms with Gasteiger partial charge in [0, 0.05) is 16.8 Å². The summed E-state index contributed by atoms with van der Waals surface area (Å²) in [4.78, 5) is 34.7. The first kappa shape index (κ1) is 16.2. The quantitative estimate of drug-likeness (QED) is 0.654. The van der Waals surface area contributed by atoms with E-state index in [1.807, 2.05) is 0 Å². The summed E-state index contributed by atoms with van der Waals surface area (Å²) in [6, 6.07) is -0.464. The number of imide groups is 1. The van der Waals surface area contributed by atoms with Crippen molar-refractivity contribution >= 4 is 45.3 Å². The number of fused-ring (bicyclic) bond motifs is 3. The molecule has 0 unspecified atom stereocenters. The van der Waals surface area contributed by atoms with Crippen LogP contribution in [0.25, 0.3) is 10.2 Å². The number of thiophene rings is 1. The molecular weight excluding hydrogens is 332 g/mol. The lowest BCUT2D eigenvalue weighted by Crippen LogP contribution is -2.42. The number of hydrogen-bond donors (Lipinski definition) is 2. The predicted octanol–water partition coefficient (Wildman–Crippen LogP) is 2.51. The van der Waals surface area contributed by atoms with Crippen molar-refractivity contribution in [2.75, 3.05) is 6.54 Å². The Morgan fingerprint density at radius 3 is 3.00 bits per heavy atom. The van der Waals surface area contributed by atoms with Gasteiger partial charge in [-0.2, -0.15) is 0 Å². The molecule has 0 aromatic carbocycles. The highest BCUT2D eigenvalue weighted by molar-refractivity contribution is 8.00. The Morgan fingerprint density at radius 2 is 2.22 bits per heavy atom. The Bertz CT molecular complexity index is 759. The SMILES string of the molecule is CCNC(=O)NC(=O)[C@H](C)Sc1ncnc2sc3c(c12)CCC3. The molecule has 0 bridgehead atoms. The summed E-state index contributed by atoms with van der Waals surface area (Å²) in [7, 11) is 0. The molecule has 0 radical (unpaired) electrons. The number of hydrogen-bond acceptors (Lipinski definition) is 6. The van der Waals surface area contributed by atoms with Crippen molar-refractivity contribution in [3.05, 3.63) is 16.8 Å². The van der Waals surface area contributed by atoms with Gasteiger partial charge >= 0.3 is 6.03 Å². The third-order valence-corrected chi connectivity index (χ3v) is 6.00. The molecule has 0 saturated heterocycles. The first-order chi connectivity index (χ1) is 11.1. The van der Waals surface area contributed by atoms with Crippen molar-refractivity contribution in [2.45, 2.75) is 43.4 Å². The van der Waals surface area contributed by atoms with Crippen LogP contribution in [-0.4, -0.2) is 33.7 Å². The second-order valence-electron chi connectivity index (χ2n) is 5.33. The Kier molecular flexibility index (Phi) is 4.82. The molecule has 0 aliphatic heterocycles. The van der Waals surface area contributed by atoms with Crippen molar-refractivity contribution < 1.29 is 9.59 Å². The average molecular weight is 350 g/mol. The van der Waals surface area contributed by atoms with E-state index < -0.39 is 11.3 Å². The summed E-state index contributed by atoms with van der Waals surface area (Å²) in [6.45, 7) is 4.06. The van der Waals surface area contributed by atoms with E-state index in [1.165, 1.54) is 28.6 Å². The van der Waals surface area contributed by atoms with Gasteiger partial charge in [-0.05, 0) is 38.7 Å². The van der Waals surface area contributed by atoms with E-state index in [1.54, 1.807) is 31.5 Å². The molecule has 2 aromatic heterocycles. The third kappa shape index (κ3) is 3.32. The fraction of sp³-hybridized carbons (Fsp3) is 0.467. The van der Waals surface area contributed by atoms with Crippen molar-refractivity contribution in [1.29, 1.82) is 0 Å². The van der Waals surface area contributed by atoms with E-state index in [0.29, 0.717) is 6.54 Å². The number of aromatic nitrogens is 2. The van der Waals surface area contributed by atoms with Crippen LogP contribution in [0.4, 0.5) is 4.79 Å². The number of nitrogens with zero attached hydrogens (tertiary/aromatic N) is 2. The van der Waals surface area contributed by atoms with Crippen LogP contribution in [-0.2, 0) is 17.6 Å². The molecule has 2 aromatic rings. The maximum absolute atomic E-state index is 12.1. The molecular formula is C15H18N4O2S2. The minimum atomic E-state index is -0.464. The van der Waals surface area contributed by atoms with Crippen molar-refractivity contribution in [1.82, 2.24) is 20.6 Å². The summed E-state index contributed by atoms with van der Waals surface area (Å²) >= 11 is 3.10. The maximum Gasteiger partial charge on any atom is 0.321 e. The van der Waals surface area contributed by atoms with Crippen LogP contribution >= 0.6 is 23.1 Å². The lowest BCUT2D eigenvalue weighted by atomic mass is 10.2. The normalized spacial score (nSPS) is 14.5. The first-order valence-corrected chi connectivity index (χ1v) is 9.30. The highest BCUT2D eigenvalue weighted by Gasteiger charge is 2.24. The molecule has 2 heterocycles. The lowest BCUT2D eigenvalue weighted by Gasteiger charge is -2.11. The predicted molar refractivity (Wildman–Crippen MR) is 92.0 cm³/mol. The summed E-state index contributed by atoms with van der Waals surface area (Å²) in [6.07, 6.45) is 4.87. The fourth-order valence-corrected chi connectivity index (χ4v) is 4.87. The number of amides is 3. The van der Waals surface area contributed by atoms with Crippen molar-refractivity contribution in [2.24, 2.45) is 0 Å². The van der Waals surface area contributed by atoms with Crippen LogP contribution < -0.4 is 10.6 Å². The molecule has 3 amide bonds. The number of thioether (sulfide) groups is 1. The van der Waals surface area contributed by atoms with Gasteiger partial charge < -0.3 is 5.32 Å². The van der Waals surface area contributed by atoms with Crippen LogP contribution in [0.5, 0.6) is 0 Å². The van der Waals surface area contributed by atoms with Gasteiger partial charge in [0.25, 0.3) is 0 Å². The lowest BCUT2D eigenvalue weighted by molar-refractivity contribution is -0.119. The van der Waals surface area contributed by atoms with E-state index in [2.05, 4.69) is 20.6 Å². The summed E-state index contributed by atoms with van der Waals surface area (Å²) in [5.74, 6) is -0.320. The third-order valence-electron chi connectivity index (χ3n) is 3.70. The monoisotopic (exact) mass is 350 g/mol. The van der Waals surface area contributed by atoms with Crippen LogP contribution in [0.2, 0.25) is 0 Å². The summed E-state index contributed by atoms with van der Waals surface area (Å²) < 4.78 is 0. The number of carbonyl (C=O) groups excluding carboxylic acids is 2. The van der Waals surface area contributed by atoms with Gasteiger partial charge in [-0.3, -0.25) is 10.1 Å². The summed E-state index contributed by atoms with van der Waals surface area (Å²) in [5, 5.41) is 6.40. The molecule has 6 nitrogen and oxygen atoms in total. The van der Waals surface area contributed by atoms with E-state index in [-0.39, 0.29) is 5.91 Å². The first-order valence-electron chi connectivity index (χ1n) is 7.60. The Morgan fingerprint density at radius 1 is 1.39 bits per heavy atom. The zero-order chi connectivity index (χ0) is 16.4. The van der Waals surface area contributed by atoms with Crippen LogP contribution in [0, 0.1) is 0 Å². The van der Waals surface area contributed by atoms with Gasteiger partial charge in [-0.15, -0.1) is 11.3 Å². The van der Waals surface area contributed by atoms with E-state index in [4.69, 9.17) is 0 Å². The Hall–Kier alpha value is -1.67. The molecule has 1 aliphatic rings. The number of urea groups is 1. The number of nitrogens with one attached hydrogen (secondary N) is 2. The zero-order valence-electron chi connectivity index (χ0n) is 13.0. The van der Waals surface area contributed by atoms with Gasteiger partial charge in [-0.25, -0.2) is 14.8 Å². The number of carbonyl (C=O) groups is 2. The molecule has 0 fully saturated rings. The molecule has 3 rings (SSSR count). The Balaban J connectivity index is 1.79. The maximum atomic E-state index is 12.1. The highest BCUT2D eigenvalue weighted by Crippen LogP contribution is 2.40. The highest BCUT2D eigenvalue weighted by atomic mass is 32.2.